The summed E-state index contributed by atoms with van der Waals surface area (Å²) in [5.41, 5.74) is 3.36. The first-order valence-corrected chi connectivity index (χ1v) is 11.7. The third-order valence-corrected chi connectivity index (χ3v) is 5.96. The van der Waals surface area contributed by atoms with Crippen molar-refractivity contribution in [1.82, 2.24) is 4.90 Å². The second-order valence-electron chi connectivity index (χ2n) is 8.98. The maximum Gasteiger partial charge on any atom is 0.290 e. The molecule has 178 valence electrons. The third-order valence-electron chi connectivity index (χ3n) is 5.96. The highest BCUT2D eigenvalue weighted by Gasteiger charge is 2.42. The molecular weight excluding hydrogens is 430 g/mol. The number of hydrogen-bond acceptors (Lipinski definition) is 5. The molecule has 6 heteroatoms. The Morgan fingerprint density at radius 2 is 1.88 bits per heavy atom. The standard InChI is InChI=1S/C28H31NO5/c1-6-13-33-21-10-8-20(9-11-21)24-23-25(30)22-16-18(4)15-19(5)26(22)34-27(23)28(31)29(24)12-7-14-32-17(2)3/h6,8-11,15-17,24H,1,7,12-14H2,2-5H3. The third kappa shape index (κ3) is 4.50. The van der Waals surface area contributed by atoms with Crippen molar-refractivity contribution in [3.63, 3.8) is 0 Å². The molecule has 4 rings (SSSR count). The topological polar surface area (TPSA) is 69.0 Å². The summed E-state index contributed by atoms with van der Waals surface area (Å²) in [6.45, 7) is 12.9. The van der Waals surface area contributed by atoms with Crippen molar-refractivity contribution in [3.05, 3.63) is 87.3 Å². The minimum atomic E-state index is -0.531. The molecule has 2 heterocycles. The van der Waals surface area contributed by atoms with Crippen LogP contribution in [0.15, 0.2) is 58.3 Å². The number of nitrogens with zero attached hydrogens (tertiary/aromatic N) is 1. The van der Waals surface area contributed by atoms with E-state index >= 15 is 0 Å². The lowest BCUT2D eigenvalue weighted by Crippen LogP contribution is -2.31. The van der Waals surface area contributed by atoms with E-state index in [2.05, 4.69) is 6.58 Å². The van der Waals surface area contributed by atoms with Gasteiger partial charge in [-0.05, 0) is 69.0 Å². The molecule has 1 unspecified atom stereocenters. The highest BCUT2D eigenvalue weighted by atomic mass is 16.5. The number of hydrogen-bond donors (Lipinski definition) is 0. The molecule has 0 saturated heterocycles. The van der Waals surface area contributed by atoms with Crippen LogP contribution in [0.2, 0.25) is 0 Å². The Labute approximate surface area is 199 Å². The van der Waals surface area contributed by atoms with Gasteiger partial charge in [0.1, 0.15) is 17.9 Å². The fraction of sp³-hybridized carbons (Fsp3) is 0.357. The number of rotatable bonds is 9. The summed E-state index contributed by atoms with van der Waals surface area (Å²) in [5.74, 6) is 0.559. The number of benzene rings is 2. The Hall–Kier alpha value is -3.38. The first-order chi connectivity index (χ1) is 16.3. The molecule has 0 fully saturated rings. The zero-order valence-corrected chi connectivity index (χ0v) is 20.2. The molecule has 0 spiro atoms. The van der Waals surface area contributed by atoms with E-state index in [0.717, 1.165) is 16.7 Å². The van der Waals surface area contributed by atoms with Gasteiger partial charge in [0.25, 0.3) is 5.91 Å². The maximum absolute atomic E-state index is 13.7. The van der Waals surface area contributed by atoms with Crippen LogP contribution in [0.3, 0.4) is 0 Å². The Morgan fingerprint density at radius 1 is 1.15 bits per heavy atom. The fourth-order valence-electron chi connectivity index (χ4n) is 4.51. The van der Waals surface area contributed by atoms with E-state index in [-0.39, 0.29) is 23.2 Å². The summed E-state index contributed by atoms with van der Waals surface area (Å²) in [6.07, 6.45) is 2.45. The summed E-state index contributed by atoms with van der Waals surface area (Å²) in [5, 5.41) is 0.505. The van der Waals surface area contributed by atoms with Gasteiger partial charge < -0.3 is 18.8 Å². The lowest BCUT2D eigenvalue weighted by molar-refractivity contribution is 0.0593. The van der Waals surface area contributed by atoms with Crippen LogP contribution in [0.1, 0.15) is 59.1 Å². The average molecular weight is 462 g/mol. The van der Waals surface area contributed by atoms with E-state index in [1.54, 1.807) is 11.0 Å². The molecule has 1 amide bonds. The van der Waals surface area contributed by atoms with E-state index in [9.17, 15) is 9.59 Å². The highest BCUT2D eigenvalue weighted by Crippen LogP contribution is 2.39. The van der Waals surface area contributed by atoms with Crippen LogP contribution in [0.5, 0.6) is 5.75 Å². The summed E-state index contributed by atoms with van der Waals surface area (Å²) in [7, 11) is 0. The molecule has 1 aromatic heterocycles. The van der Waals surface area contributed by atoms with E-state index in [1.807, 2.05) is 64.1 Å². The Kier molecular flexibility index (Phi) is 6.89. The van der Waals surface area contributed by atoms with E-state index in [0.29, 0.717) is 48.5 Å². The van der Waals surface area contributed by atoms with Crippen LogP contribution < -0.4 is 10.2 Å². The van der Waals surface area contributed by atoms with Gasteiger partial charge in [0.05, 0.1) is 23.1 Å². The van der Waals surface area contributed by atoms with Crippen LogP contribution >= 0.6 is 0 Å². The van der Waals surface area contributed by atoms with Gasteiger partial charge in [-0.15, -0.1) is 0 Å². The number of carbonyl (C=O) groups excluding carboxylic acids is 1. The molecule has 6 nitrogen and oxygen atoms in total. The van der Waals surface area contributed by atoms with Gasteiger partial charge in [-0.3, -0.25) is 9.59 Å². The minimum absolute atomic E-state index is 0.116. The molecule has 2 aromatic carbocycles. The van der Waals surface area contributed by atoms with Gasteiger partial charge in [-0.25, -0.2) is 0 Å². The Morgan fingerprint density at radius 3 is 2.56 bits per heavy atom. The molecule has 1 atom stereocenters. The number of amides is 1. The molecule has 1 aliphatic heterocycles. The van der Waals surface area contributed by atoms with Crippen molar-refractivity contribution in [2.45, 2.75) is 46.3 Å². The number of aryl methyl sites for hydroxylation is 2. The van der Waals surface area contributed by atoms with Gasteiger partial charge >= 0.3 is 0 Å². The maximum atomic E-state index is 13.7. The SMILES string of the molecule is C=CCOc1ccc(C2c3c(oc4c(C)cc(C)cc4c3=O)C(=O)N2CCCOC(C)C)cc1. The zero-order valence-electron chi connectivity index (χ0n) is 20.2. The average Bonchev–Trinajstić information content (AvgIpc) is 3.08. The second-order valence-corrected chi connectivity index (χ2v) is 8.98. The van der Waals surface area contributed by atoms with Crippen LogP contribution in [0.4, 0.5) is 0 Å². The summed E-state index contributed by atoms with van der Waals surface area (Å²) < 4.78 is 17.4. The Balaban J connectivity index is 1.80. The summed E-state index contributed by atoms with van der Waals surface area (Å²) in [4.78, 5) is 29.0. The molecule has 0 radical (unpaired) electrons. The quantitative estimate of drug-likeness (QED) is 0.318. The zero-order chi connectivity index (χ0) is 24.4. The molecule has 1 aliphatic rings. The van der Waals surface area contributed by atoms with Crippen molar-refractivity contribution in [3.8, 4) is 5.75 Å². The normalized spacial score (nSPS) is 15.3. The van der Waals surface area contributed by atoms with Crippen LogP contribution in [0, 0.1) is 13.8 Å². The molecule has 0 aliphatic carbocycles. The highest BCUT2D eigenvalue weighted by molar-refractivity contribution is 5.99. The molecule has 3 aromatic rings. The predicted octanol–water partition coefficient (Wildman–Crippen LogP) is 5.33. The van der Waals surface area contributed by atoms with Gasteiger partial charge in [0.15, 0.2) is 5.43 Å². The number of fused-ring (bicyclic) bond motifs is 2. The molecule has 34 heavy (non-hydrogen) atoms. The van der Waals surface area contributed by atoms with Crippen LogP contribution in [-0.2, 0) is 4.74 Å². The summed E-state index contributed by atoms with van der Waals surface area (Å²) in [6, 6.07) is 10.7. The van der Waals surface area contributed by atoms with Crippen molar-refractivity contribution < 1.29 is 18.7 Å². The van der Waals surface area contributed by atoms with Crippen LogP contribution in [-0.4, -0.2) is 36.7 Å². The van der Waals surface area contributed by atoms with E-state index < -0.39 is 6.04 Å². The van der Waals surface area contributed by atoms with E-state index in [1.165, 1.54) is 0 Å². The van der Waals surface area contributed by atoms with Gasteiger partial charge in [0.2, 0.25) is 5.76 Å². The number of carbonyl (C=O) groups is 1. The minimum Gasteiger partial charge on any atom is -0.490 e. The molecule has 0 saturated carbocycles. The Bertz CT molecular complexity index is 1270. The van der Waals surface area contributed by atoms with Crippen molar-refractivity contribution in [1.29, 1.82) is 0 Å². The van der Waals surface area contributed by atoms with E-state index in [4.69, 9.17) is 13.9 Å². The molecule has 0 N–H and O–H groups in total. The lowest BCUT2D eigenvalue weighted by Gasteiger charge is -2.25. The summed E-state index contributed by atoms with van der Waals surface area (Å²) >= 11 is 0. The number of ether oxygens (including phenoxy) is 2. The monoisotopic (exact) mass is 461 g/mol. The molecule has 0 bridgehead atoms. The van der Waals surface area contributed by atoms with Gasteiger partial charge in [0, 0.05) is 13.2 Å². The predicted molar refractivity (Wildman–Crippen MR) is 133 cm³/mol. The van der Waals surface area contributed by atoms with Gasteiger partial charge in [-0.1, -0.05) is 30.9 Å². The second kappa shape index (κ2) is 9.85. The lowest BCUT2D eigenvalue weighted by atomic mass is 9.97. The fourth-order valence-corrected chi connectivity index (χ4v) is 4.51. The van der Waals surface area contributed by atoms with Crippen molar-refractivity contribution in [2.24, 2.45) is 0 Å². The largest absolute Gasteiger partial charge is 0.490 e. The van der Waals surface area contributed by atoms with Gasteiger partial charge in [-0.2, -0.15) is 0 Å². The first kappa shape index (κ1) is 23.8. The van der Waals surface area contributed by atoms with Crippen molar-refractivity contribution >= 4 is 16.9 Å². The van der Waals surface area contributed by atoms with Crippen LogP contribution in [0.25, 0.3) is 11.0 Å². The smallest absolute Gasteiger partial charge is 0.290 e. The molecular formula is C28H31NO5. The van der Waals surface area contributed by atoms with Crippen molar-refractivity contribution in [2.75, 3.05) is 19.8 Å². The first-order valence-electron chi connectivity index (χ1n) is 11.7.